The van der Waals surface area contributed by atoms with E-state index < -0.39 is 10.0 Å². The summed E-state index contributed by atoms with van der Waals surface area (Å²) in [6, 6.07) is 2.98. The van der Waals surface area contributed by atoms with Gasteiger partial charge in [-0.15, -0.1) is 0 Å². The molecule has 0 spiro atoms. The molecule has 0 bridgehead atoms. The third kappa shape index (κ3) is 3.29. The van der Waals surface area contributed by atoms with Crippen LogP contribution in [0.2, 0.25) is 0 Å². The van der Waals surface area contributed by atoms with Gasteiger partial charge in [0, 0.05) is 12.7 Å². The van der Waals surface area contributed by atoms with Gasteiger partial charge in [0.15, 0.2) is 0 Å². The van der Waals surface area contributed by atoms with E-state index in [1.807, 2.05) is 0 Å². The van der Waals surface area contributed by atoms with Gasteiger partial charge in [0.25, 0.3) is 0 Å². The largest absolute Gasteiger partial charge is 0.388 e. The first-order chi connectivity index (χ1) is 8.82. The van der Waals surface area contributed by atoms with Gasteiger partial charge in [0.05, 0.1) is 5.69 Å². The van der Waals surface area contributed by atoms with Crippen LogP contribution in [0.15, 0.2) is 23.2 Å². The molecule has 0 unspecified atom stereocenters. The zero-order valence-corrected chi connectivity index (χ0v) is 12.4. The van der Waals surface area contributed by atoms with E-state index in [0.29, 0.717) is 12.2 Å². The van der Waals surface area contributed by atoms with E-state index in [4.69, 9.17) is 18.0 Å². The molecule has 1 heterocycles. The van der Waals surface area contributed by atoms with Crippen LogP contribution in [-0.4, -0.2) is 24.9 Å². The Morgan fingerprint density at radius 1 is 1.53 bits per heavy atom. The number of nitrogens with two attached hydrogens (primary N) is 1. The SMILES string of the molecule is CC1(CNS(=O)(=O)c2ccc(C(N)=S)nc2)CCC1. The average Bonchev–Trinajstić information content (AvgIpc) is 2.34. The molecule has 7 heteroatoms. The molecule has 104 valence electrons. The Balaban J connectivity index is 2.08. The van der Waals surface area contributed by atoms with E-state index in [1.165, 1.54) is 24.8 Å². The first kappa shape index (κ1) is 14.4. The van der Waals surface area contributed by atoms with Crippen molar-refractivity contribution in [2.24, 2.45) is 11.1 Å². The fourth-order valence-corrected chi connectivity index (χ4v) is 3.26. The molecule has 3 N–H and O–H groups in total. The summed E-state index contributed by atoms with van der Waals surface area (Å²) in [5.41, 5.74) is 5.93. The molecule has 1 aromatic rings. The number of aromatic nitrogens is 1. The number of nitrogens with zero attached hydrogens (tertiary/aromatic N) is 1. The van der Waals surface area contributed by atoms with Crippen LogP contribution in [0.4, 0.5) is 0 Å². The van der Waals surface area contributed by atoms with Crippen LogP contribution in [0.3, 0.4) is 0 Å². The molecule has 1 aliphatic rings. The van der Waals surface area contributed by atoms with Crippen molar-refractivity contribution in [3.63, 3.8) is 0 Å². The minimum Gasteiger partial charge on any atom is -0.388 e. The summed E-state index contributed by atoms with van der Waals surface area (Å²) in [6.07, 6.45) is 4.57. The Bertz CT molecular complexity index is 577. The first-order valence-corrected chi connectivity index (χ1v) is 7.97. The van der Waals surface area contributed by atoms with Crippen molar-refractivity contribution in [1.82, 2.24) is 9.71 Å². The highest BCUT2D eigenvalue weighted by Crippen LogP contribution is 2.39. The van der Waals surface area contributed by atoms with Crippen LogP contribution in [0.1, 0.15) is 31.9 Å². The van der Waals surface area contributed by atoms with Crippen molar-refractivity contribution in [2.75, 3.05) is 6.54 Å². The van der Waals surface area contributed by atoms with Crippen molar-refractivity contribution in [3.05, 3.63) is 24.0 Å². The highest BCUT2D eigenvalue weighted by atomic mass is 32.2. The van der Waals surface area contributed by atoms with E-state index in [-0.39, 0.29) is 15.3 Å². The summed E-state index contributed by atoms with van der Waals surface area (Å²) in [6.45, 7) is 2.56. The second-order valence-electron chi connectivity index (χ2n) is 5.23. The molecule has 2 rings (SSSR count). The van der Waals surface area contributed by atoms with Crippen molar-refractivity contribution in [2.45, 2.75) is 31.1 Å². The van der Waals surface area contributed by atoms with Gasteiger partial charge in [-0.1, -0.05) is 25.6 Å². The molecule has 1 fully saturated rings. The Labute approximate surface area is 118 Å². The Morgan fingerprint density at radius 2 is 2.21 bits per heavy atom. The second-order valence-corrected chi connectivity index (χ2v) is 7.44. The molecular weight excluding hydrogens is 282 g/mol. The van der Waals surface area contributed by atoms with Gasteiger partial charge < -0.3 is 5.73 Å². The molecule has 5 nitrogen and oxygen atoms in total. The predicted octanol–water partition coefficient (Wildman–Crippen LogP) is 1.18. The van der Waals surface area contributed by atoms with Gasteiger partial charge in [0.2, 0.25) is 10.0 Å². The summed E-state index contributed by atoms with van der Waals surface area (Å²) in [5.74, 6) is 0. The molecule has 0 aliphatic heterocycles. The zero-order chi connectivity index (χ0) is 14.1. The summed E-state index contributed by atoms with van der Waals surface area (Å²) in [5, 5.41) is 0. The quantitative estimate of drug-likeness (QED) is 0.798. The van der Waals surface area contributed by atoms with Gasteiger partial charge in [-0.05, 0) is 30.4 Å². The molecule has 0 amide bonds. The maximum atomic E-state index is 12.1. The predicted molar refractivity (Wildman–Crippen MR) is 77.3 cm³/mol. The monoisotopic (exact) mass is 299 g/mol. The number of sulfonamides is 1. The van der Waals surface area contributed by atoms with Crippen LogP contribution < -0.4 is 10.5 Å². The van der Waals surface area contributed by atoms with Gasteiger partial charge in [-0.3, -0.25) is 4.98 Å². The molecular formula is C12H17N3O2S2. The summed E-state index contributed by atoms with van der Waals surface area (Å²) in [7, 11) is -3.51. The lowest BCUT2D eigenvalue weighted by Gasteiger charge is -2.38. The molecule has 1 aliphatic carbocycles. The van der Waals surface area contributed by atoms with Crippen molar-refractivity contribution < 1.29 is 8.42 Å². The summed E-state index contributed by atoms with van der Waals surface area (Å²) < 4.78 is 26.8. The molecule has 0 atom stereocenters. The van der Waals surface area contributed by atoms with E-state index in [9.17, 15) is 8.42 Å². The van der Waals surface area contributed by atoms with E-state index in [0.717, 1.165) is 12.8 Å². The van der Waals surface area contributed by atoms with Crippen molar-refractivity contribution in [3.8, 4) is 0 Å². The van der Waals surface area contributed by atoms with Crippen LogP contribution in [0.5, 0.6) is 0 Å². The van der Waals surface area contributed by atoms with Gasteiger partial charge >= 0.3 is 0 Å². The lowest BCUT2D eigenvalue weighted by atomic mass is 9.71. The lowest BCUT2D eigenvalue weighted by molar-refractivity contribution is 0.166. The van der Waals surface area contributed by atoms with Crippen LogP contribution in [0.25, 0.3) is 0 Å². The van der Waals surface area contributed by atoms with Crippen molar-refractivity contribution in [1.29, 1.82) is 0 Å². The first-order valence-electron chi connectivity index (χ1n) is 6.08. The third-order valence-electron chi connectivity index (χ3n) is 3.55. The number of nitrogens with one attached hydrogen (secondary N) is 1. The fraction of sp³-hybridized carbons (Fsp3) is 0.500. The highest BCUT2D eigenvalue weighted by Gasteiger charge is 2.33. The number of rotatable bonds is 5. The lowest BCUT2D eigenvalue weighted by Crippen LogP contribution is -2.39. The Kier molecular flexibility index (Phi) is 3.89. The maximum absolute atomic E-state index is 12.1. The second kappa shape index (κ2) is 5.15. The van der Waals surface area contributed by atoms with E-state index in [1.54, 1.807) is 0 Å². The normalized spacial score (nSPS) is 17.7. The molecule has 1 aromatic heterocycles. The van der Waals surface area contributed by atoms with Gasteiger partial charge in [-0.25, -0.2) is 13.1 Å². The molecule has 0 aromatic carbocycles. The van der Waals surface area contributed by atoms with E-state index in [2.05, 4.69) is 16.6 Å². The third-order valence-corrected chi connectivity index (χ3v) is 5.14. The summed E-state index contributed by atoms with van der Waals surface area (Å²) >= 11 is 4.77. The molecule has 0 radical (unpaired) electrons. The number of pyridine rings is 1. The standard InChI is InChI=1S/C12H17N3O2S2/c1-12(5-2-6-12)8-15-19(16,17)9-3-4-10(11(13)18)14-7-9/h3-4,7,15H,2,5-6,8H2,1H3,(H2,13,18). The maximum Gasteiger partial charge on any atom is 0.242 e. The minimum atomic E-state index is -3.51. The van der Waals surface area contributed by atoms with Crippen LogP contribution in [-0.2, 0) is 10.0 Å². The molecule has 1 saturated carbocycles. The zero-order valence-electron chi connectivity index (χ0n) is 10.7. The molecule has 0 saturated heterocycles. The smallest absolute Gasteiger partial charge is 0.242 e. The Hall–Kier alpha value is -1.05. The Morgan fingerprint density at radius 3 is 2.63 bits per heavy atom. The van der Waals surface area contributed by atoms with Gasteiger partial charge in [-0.2, -0.15) is 0 Å². The number of hydrogen-bond acceptors (Lipinski definition) is 4. The minimum absolute atomic E-state index is 0.0965. The van der Waals surface area contributed by atoms with Crippen molar-refractivity contribution >= 4 is 27.2 Å². The number of thiocarbonyl (C=S) groups is 1. The fourth-order valence-electron chi connectivity index (χ4n) is 1.99. The highest BCUT2D eigenvalue weighted by molar-refractivity contribution is 7.89. The van der Waals surface area contributed by atoms with Gasteiger partial charge in [0.1, 0.15) is 9.88 Å². The average molecular weight is 299 g/mol. The van der Waals surface area contributed by atoms with Crippen LogP contribution in [0, 0.1) is 5.41 Å². The topological polar surface area (TPSA) is 85.1 Å². The summed E-state index contributed by atoms with van der Waals surface area (Å²) in [4.78, 5) is 4.22. The van der Waals surface area contributed by atoms with Crippen LogP contribution >= 0.6 is 12.2 Å². The number of hydrogen-bond donors (Lipinski definition) is 2. The van der Waals surface area contributed by atoms with E-state index >= 15 is 0 Å². The molecule has 19 heavy (non-hydrogen) atoms.